The van der Waals surface area contributed by atoms with Gasteiger partial charge in [0.25, 0.3) is 10.0 Å². The van der Waals surface area contributed by atoms with E-state index in [-0.39, 0.29) is 41.2 Å². The minimum absolute atomic E-state index is 0.0105. The molecule has 1 aromatic heterocycles. The van der Waals surface area contributed by atoms with E-state index in [4.69, 9.17) is 0 Å². The van der Waals surface area contributed by atoms with Crippen molar-refractivity contribution in [2.24, 2.45) is 0 Å². The summed E-state index contributed by atoms with van der Waals surface area (Å²) < 4.78 is 27.1. The number of hydrogen-bond acceptors (Lipinski definition) is 8. The van der Waals surface area contributed by atoms with Gasteiger partial charge in [-0.15, -0.1) is 10.2 Å². The van der Waals surface area contributed by atoms with Gasteiger partial charge in [0.05, 0.1) is 4.90 Å². The summed E-state index contributed by atoms with van der Waals surface area (Å²) in [5, 5.41) is 11.0. The molecule has 2 aromatic rings. The summed E-state index contributed by atoms with van der Waals surface area (Å²) in [6.45, 7) is 1.53. The molecule has 28 heavy (non-hydrogen) atoms. The second-order valence-electron chi connectivity index (χ2n) is 5.91. The Morgan fingerprint density at radius 1 is 1.14 bits per heavy atom. The number of hydrogen-bond donors (Lipinski definition) is 2. The van der Waals surface area contributed by atoms with Crippen molar-refractivity contribution in [2.45, 2.75) is 31.1 Å². The molecule has 0 spiro atoms. The van der Waals surface area contributed by atoms with Gasteiger partial charge in [-0.2, -0.15) is 0 Å². The zero-order valence-corrected chi connectivity index (χ0v) is 16.5. The van der Waals surface area contributed by atoms with E-state index in [1.54, 1.807) is 0 Å². The Balaban J connectivity index is 1.63. The molecular weight excluding hydrogens is 406 g/mol. The molecule has 0 radical (unpaired) electrons. The number of benzene rings is 1. The lowest BCUT2D eigenvalue weighted by molar-refractivity contribution is -0.141. The Labute approximate surface area is 165 Å². The number of amides is 3. The largest absolute Gasteiger partial charge is 0.325 e. The minimum Gasteiger partial charge on any atom is -0.325 e. The van der Waals surface area contributed by atoms with Crippen LogP contribution in [0.15, 0.2) is 29.2 Å². The first kappa shape index (κ1) is 19.9. The summed E-state index contributed by atoms with van der Waals surface area (Å²) in [6, 6.07) is 5.48. The van der Waals surface area contributed by atoms with Crippen LogP contribution in [0.3, 0.4) is 0 Å². The number of nitrogens with zero attached hydrogens (tertiary/aromatic N) is 3. The van der Waals surface area contributed by atoms with E-state index in [9.17, 15) is 22.8 Å². The van der Waals surface area contributed by atoms with Gasteiger partial charge >= 0.3 is 0 Å². The molecule has 1 aromatic carbocycles. The third-order valence-corrected chi connectivity index (χ3v) is 6.36. The number of imide groups is 1. The van der Waals surface area contributed by atoms with Crippen molar-refractivity contribution in [1.82, 2.24) is 15.1 Å². The highest BCUT2D eigenvalue weighted by Gasteiger charge is 2.30. The lowest BCUT2D eigenvalue weighted by Gasteiger charge is -2.13. The zero-order chi connectivity index (χ0) is 20.3. The molecule has 3 amide bonds. The van der Waals surface area contributed by atoms with E-state index in [0.717, 1.165) is 16.2 Å². The second kappa shape index (κ2) is 8.02. The molecule has 2 heterocycles. The third-order valence-electron chi connectivity index (χ3n) is 3.90. The number of likely N-dealkylation sites (tertiary alicyclic amines) is 1. The number of aryl methyl sites for hydroxylation is 1. The highest BCUT2D eigenvalue weighted by Crippen LogP contribution is 2.21. The van der Waals surface area contributed by atoms with E-state index in [1.807, 2.05) is 6.92 Å². The van der Waals surface area contributed by atoms with Gasteiger partial charge in [-0.05, 0) is 30.7 Å². The summed E-state index contributed by atoms with van der Waals surface area (Å²) in [5.74, 6) is -1.30. The number of carbonyl (C=O) groups excluding carboxylic acids is 3. The van der Waals surface area contributed by atoms with E-state index in [0.29, 0.717) is 17.1 Å². The molecule has 10 nitrogen and oxygen atoms in total. The van der Waals surface area contributed by atoms with Crippen LogP contribution < -0.4 is 10.0 Å². The van der Waals surface area contributed by atoms with Crippen LogP contribution in [-0.2, 0) is 30.8 Å². The fourth-order valence-electron chi connectivity index (χ4n) is 2.47. The highest BCUT2D eigenvalue weighted by molar-refractivity contribution is 7.93. The van der Waals surface area contributed by atoms with Gasteiger partial charge < -0.3 is 5.32 Å². The maximum Gasteiger partial charge on any atom is 0.263 e. The van der Waals surface area contributed by atoms with Crippen molar-refractivity contribution < 1.29 is 22.8 Å². The molecule has 148 valence electrons. The van der Waals surface area contributed by atoms with Gasteiger partial charge in [-0.25, -0.2) is 8.42 Å². The fourth-order valence-corrected chi connectivity index (χ4v) is 4.38. The van der Waals surface area contributed by atoms with Crippen LogP contribution in [0.2, 0.25) is 0 Å². The van der Waals surface area contributed by atoms with Crippen LogP contribution in [0, 0.1) is 0 Å². The van der Waals surface area contributed by atoms with E-state index >= 15 is 0 Å². The molecule has 0 unspecified atom stereocenters. The van der Waals surface area contributed by atoms with Crippen molar-refractivity contribution in [1.29, 1.82) is 0 Å². The topological polar surface area (TPSA) is 138 Å². The van der Waals surface area contributed by atoms with E-state index in [1.165, 1.54) is 24.3 Å². The second-order valence-corrected chi connectivity index (χ2v) is 8.65. The molecule has 1 aliphatic rings. The first-order valence-electron chi connectivity index (χ1n) is 8.37. The van der Waals surface area contributed by atoms with Crippen LogP contribution in [0.25, 0.3) is 0 Å². The summed E-state index contributed by atoms with van der Waals surface area (Å²) >= 11 is 1.15. The van der Waals surface area contributed by atoms with Crippen molar-refractivity contribution in [3.05, 3.63) is 29.3 Å². The molecule has 3 rings (SSSR count). The summed E-state index contributed by atoms with van der Waals surface area (Å²) in [6.07, 6.45) is 0.877. The van der Waals surface area contributed by atoms with Crippen molar-refractivity contribution in [2.75, 3.05) is 16.6 Å². The van der Waals surface area contributed by atoms with Crippen LogP contribution in [0.5, 0.6) is 0 Å². The Bertz CT molecular complexity index is 1000. The normalized spacial score (nSPS) is 14.4. The number of sulfonamides is 1. The van der Waals surface area contributed by atoms with Gasteiger partial charge in [0.1, 0.15) is 11.6 Å². The van der Waals surface area contributed by atoms with Crippen molar-refractivity contribution in [3.8, 4) is 0 Å². The molecule has 0 atom stereocenters. The Morgan fingerprint density at radius 2 is 1.79 bits per heavy atom. The first-order chi connectivity index (χ1) is 13.3. The molecule has 0 bridgehead atoms. The van der Waals surface area contributed by atoms with Gasteiger partial charge in [-0.1, -0.05) is 18.3 Å². The highest BCUT2D eigenvalue weighted by atomic mass is 32.2. The molecule has 1 saturated heterocycles. The number of anilines is 2. The first-order valence-corrected chi connectivity index (χ1v) is 10.7. The molecule has 0 saturated carbocycles. The smallest absolute Gasteiger partial charge is 0.263 e. The molecule has 1 fully saturated rings. The molecule has 12 heteroatoms. The van der Waals surface area contributed by atoms with Crippen LogP contribution in [0.4, 0.5) is 10.8 Å². The van der Waals surface area contributed by atoms with Crippen molar-refractivity contribution >= 4 is 49.9 Å². The lowest BCUT2D eigenvalue weighted by Crippen LogP contribution is -2.36. The maximum absolute atomic E-state index is 12.4. The van der Waals surface area contributed by atoms with Gasteiger partial charge in [0.2, 0.25) is 22.9 Å². The Hall–Kier alpha value is -2.86. The van der Waals surface area contributed by atoms with Crippen LogP contribution in [-0.4, -0.2) is 47.8 Å². The van der Waals surface area contributed by atoms with Gasteiger partial charge in [0.15, 0.2) is 0 Å². The number of nitrogens with one attached hydrogen (secondary N) is 2. The predicted molar refractivity (Wildman–Crippen MR) is 101 cm³/mol. The molecule has 2 N–H and O–H groups in total. The van der Waals surface area contributed by atoms with Gasteiger partial charge in [0, 0.05) is 18.5 Å². The zero-order valence-electron chi connectivity index (χ0n) is 14.8. The molecule has 1 aliphatic heterocycles. The monoisotopic (exact) mass is 423 g/mol. The Morgan fingerprint density at radius 3 is 2.36 bits per heavy atom. The van der Waals surface area contributed by atoms with Gasteiger partial charge in [-0.3, -0.25) is 24.0 Å². The van der Waals surface area contributed by atoms with E-state index < -0.39 is 15.9 Å². The number of aromatic nitrogens is 2. The van der Waals surface area contributed by atoms with Crippen LogP contribution >= 0.6 is 11.3 Å². The standard InChI is InChI=1S/C16H17N5O5S2/c1-2-13-18-19-16(27-13)20-28(25,26)11-5-3-10(4-6-11)17-12(22)9-21-14(23)7-8-15(21)24/h3-6H,2,7-9H2,1H3,(H,17,22)(H,19,20). The van der Waals surface area contributed by atoms with E-state index in [2.05, 4.69) is 20.2 Å². The lowest BCUT2D eigenvalue weighted by atomic mass is 10.3. The van der Waals surface area contributed by atoms with Crippen molar-refractivity contribution in [3.63, 3.8) is 0 Å². The summed E-state index contributed by atoms with van der Waals surface area (Å²) in [4.78, 5) is 36.0. The Kier molecular flexibility index (Phi) is 5.70. The third kappa shape index (κ3) is 4.51. The average Bonchev–Trinajstić information content (AvgIpc) is 3.23. The average molecular weight is 423 g/mol. The molecule has 0 aliphatic carbocycles. The fraction of sp³-hybridized carbons (Fsp3) is 0.312. The SMILES string of the molecule is CCc1nnc(NS(=O)(=O)c2ccc(NC(=O)CN3C(=O)CCC3=O)cc2)s1. The summed E-state index contributed by atoms with van der Waals surface area (Å²) in [5.41, 5.74) is 0.340. The molecular formula is C16H17N5O5S2. The summed E-state index contributed by atoms with van der Waals surface area (Å²) in [7, 11) is -3.84. The number of carbonyl (C=O) groups is 3. The quantitative estimate of drug-likeness (QED) is 0.633. The van der Waals surface area contributed by atoms with Crippen LogP contribution in [0.1, 0.15) is 24.8 Å². The predicted octanol–water partition coefficient (Wildman–Crippen LogP) is 0.989. The number of rotatable bonds is 7. The maximum atomic E-state index is 12.4. The minimum atomic E-state index is -3.84.